The van der Waals surface area contributed by atoms with Gasteiger partial charge in [-0.15, -0.1) is 6.58 Å². The van der Waals surface area contributed by atoms with Crippen molar-refractivity contribution in [1.82, 2.24) is 0 Å². The Morgan fingerprint density at radius 1 is 1.54 bits per heavy atom. The Kier molecular flexibility index (Phi) is 3.93. The molecule has 13 heavy (non-hydrogen) atoms. The highest BCUT2D eigenvalue weighted by atomic mass is 127. The van der Waals surface area contributed by atoms with Crippen LogP contribution in [0.4, 0.5) is 0 Å². The van der Waals surface area contributed by atoms with Crippen molar-refractivity contribution in [2.24, 2.45) is 5.73 Å². The normalized spacial score (nSPS) is 12.5. The van der Waals surface area contributed by atoms with Crippen LogP contribution in [-0.2, 0) is 0 Å². The smallest absolute Gasteiger partial charge is 0.0342 e. The minimum Gasteiger partial charge on any atom is -0.324 e. The molecule has 0 fully saturated rings. The first-order valence-corrected chi connectivity index (χ1v) is 5.33. The van der Waals surface area contributed by atoms with E-state index < -0.39 is 0 Å². The minimum absolute atomic E-state index is 0.0885. The second kappa shape index (κ2) is 4.77. The Morgan fingerprint density at radius 3 is 2.69 bits per heavy atom. The molecule has 1 aromatic rings. The molecule has 0 aliphatic heterocycles. The van der Waals surface area contributed by atoms with Crippen LogP contribution in [0, 0.1) is 3.57 Å². The Balaban J connectivity index is 2.82. The first kappa shape index (κ1) is 10.7. The van der Waals surface area contributed by atoms with E-state index in [0.717, 1.165) is 12.0 Å². The van der Waals surface area contributed by atoms with Crippen molar-refractivity contribution >= 4 is 22.6 Å². The summed E-state index contributed by atoms with van der Waals surface area (Å²) in [5.41, 5.74) is 8.38. The van der Waals surface area contributed by atoms with Crippen molar-refractivity contribution in [3.05, 3.63) is 45.6 Å². The lowest BCUT2D eigenvalue weighted by molar-refractivity contribution is 0.713. The van der Waals surface area contributed by atoms with Gasteiger partial charge in [0.1, 0.15) is 0 Å². The number of nitrogens with two attached hydrogens (primary N) is 1. The highest BCUT2D eigenvalue weighted by molar-refractivity contribution is 14.1. The summed E-state index contributed by atoms with van der Waals surface area (Å²) in [7, 11) is 0. The van der Waals surface area contributed by atoms with Gasteiger partial charge in [0.15, 0.2) is 0 Å². The van der Waals surface area contributed by atoms with Crippen molar-refractivity contribution in [3.63, 3.8) is 0 Å². The highest BCUT2D eigenvalue weighted by Gasteiger charge is 2.08. The zero-order valence-electron chi connectivity index (χ0n) is 7.76. The monoisotopic (exact) mass is 287 g/mol. The summed E-state index contributed by atoms with van der Waals surface area (Å²) in [6.45, 7) is 5.88. The Hall–Kier alpha value is -0.350. The van der Waals surface area contributed by atoms with Crippen LogP contribution in [0.5, 0.6) is 0 Å². The van der Waals surface area contributed by atoms with Crippen molar-refractivity contribution in [1.29, 1.82) is 0 Å². The van der Waals surface area contributed by atoms with E-state index in [4.69, 9.17) is 5.73 Å². The van der Waals surface area contributed by atoms with Crippen molar-refractivity contribution in [3.8, 4) is 0 Å². The van der Waals surface area contributed by atoms with Gasteiger partial charge in [-0.3, -0.25) is 0 Å². The van der Waals surface area contributed by atoms with Crippen LogP contribution >= 0.6 is 22.6 Å². The van der Waals surface area contributed by atoms with E-state index in [2.05, 4.69) is 41.3 Å². The number of hydrogen-bond acceptors (Lipinski definition) is 1. The van der Waals surface area contributed by atoms with E-state index in [9.17, 15) is 0 Å². The molecule has 0 radical (unpaired) electrons. The summed E-state index contributed by atoms with van der Waals surface area (Å²) in [4.78, 5) is 0. The molecule has 2 heteroatoms. The second-order valence-corrected chi connectivity index (χ2v) is 4.45. The average molecular weight is 287 g/mol. The van der Waals surface area contributed by atoms with Crippen LogP contribution < -0.4 is 5.73 Å². The van der Waals surface area contributed by atoms with Crippen LogP contribution in [0.3, 0.4) is 0 Å². The van der Waals surface area contributed by atoms with E-state index >= 15 is 0 Å². The Bertz CT molecular complexity index is 307. The lowest BCUT2D eigenvalue weighted by atomic mass is 10.0. The van der Waals surface area contributed by atoms with Gasteiger partial charge in [0.25, 0.3) is 0 Å². The lowest BCUT2D eigenvalue weighted by Gasteiger charge is -2.13. The fraction of sp³-hybridized carbons (Fsp3) is 0.273. The van der Waals surface area contributed by atoms with Crippen LogP contribution in [-0.4, -0.2) is 0 Å². The van der Waals surface area contributed by atoms with Crippen LogP contribution in [0.15, 0.2) is 36.4 Å². The van der Waals surface area contributed by atoms with Gasteiger partial charge in [-0.2, -0.15) is 0 Å². The van der Waals surface area contributed by atoms with Crippen molar-refractivity contribution in [2.75, 3.05) is 0 Å². The van der Waals surface area contributed by atoms with Gasteiger partial charge in [-0.05, 0) is 47.6 Å². The van der Waals surface area contributed by atoms with Crippen molar-refractivity contribution in [2.45, 2.75) is 19.4 Å². The van der Waals surface area contributed by atoms with Gasteiger partial charge in [0, 0.05) is 9.61 Å². The highest BCUT2D eigenvalue weighted by Crippen LogP contribution is 2.22. The lowest BCUT2D eigenvalue weighted by Crippen LogP contribution is -2.11. The molecule has 0 spiro atoms. The van der Waals surface area contributed by atoms with E-state index in [-0.39, 0.29) is 6.04 Å². The average Bonchev–Trinajstić information content (AvgIpc) is 2.03. The summed E-state index contributed by atoms with van der Waals surface area (Å²) in [5, 5.41) is 0. The molecule has 0 saturated carbocycles. The van der Waals surface area contributed by atoms with E-state index in [1.165, 1.54) is 9.13 Å². The quantitative estimate of drug-likeness (QED) is 0.670. The maximum Gasteiger partial charge on any atom is 0.0342 e. The third-order valence-corrected chi connectivity index (χ3v) is 2.86. The van der Waals surface area contributed by atoms with Crippen LogP contribution in [0.2, 0.25) is 0 Å². The van der Waals surface area contributed by atoms with Gasteiger partial charge in [-0.1, -0.05) is 23.8 Å². The van der Waals surface area contributed by atoms with Gasteiger partial charge in [-0.25, -0.2) is 0 Å². The van der Waals surface area contributed by atoms with E-state index in [1.54, 1.807) is 0 Å². The maximum atomic E-state index is 6.03. The zero-order valence-corrected chi connectivity index (χ0v) is 9.91. The molecule has 1 aromatic carbocycles. The summed E-state index contributed by atoms with van der Waals surface area (Å²) in [6, 6.07) is 8.29. The summed E-state index contributed by atoms with van der Waals surface area (Å²) in [6.07, 6.45) is 0.861. The molecule has 0 saturated heterocycles. The molecule has 0 amide bonds. The first-order valence-electron chi connectivity index (χ1n) is 4.25. The molecule has 0 aliphatic carbocycles. The Morgan fingerprint density at radius 2 is 2.15 bits per heavy atom. The largest absolute Gasteiger partial charge is 0.324 e. The van der Waals surface area contributed by atoms with Crippen LogP contribution in [0.1, 0.15) is 24.9 Å². The van der Waals surface area contributed by atoms with E-state index in [0.29, 0.717) is 0 Å². The molecule has 1 nitrogen and oxygen atoms in total. The molecule has 0 aromatic heterocycles. The standard InChI is InChI=1S/C11H14IN/c1-8(2)7-11(13)9-5-3-4-6-10(9)12/h3-6,11H,1,7,13H2,2H3. The fourth-order valence-electron chi connectivity index (χ4n) is 1.26. The molecule has 1 unspecified atom stereocenters. The molecule has 0 heterocycles. The molecular formula is C11H14IN. The molecule has 0 aliphatic rings. The number of rotatable bonds is 3. The van der Waals surface area contributed by atoms with Crippen LogP contribution in [0.25, 0.3) is 0 Å². The number of hydrogen-bond donors (Lipinski definition) is 1. The molecular weight excluding hydrogens is 273 g/mol. The first-order chi connectivity index (χ1) is 6.11. The Labute approximate surface area is 93.2 Å². The third kappa shape index (κ3) is 3.12. The zero-order chi connectivity index (χ0) is 9.84. The van der Waals surface area contributed by atoms with Gasteiger partial charge < -0.3 is 5.73 Å². The third-order valence-electron chi connectivity index (χ3n) is 1.87. The molecule has 1 rings (SSSR count). The SMILES string of the molecule is C=C(C)CC(N)c1ccccc1I. The summed E-state index contributed by atoms with van der Waals surface area (Å²) < 4.78 is 1.23. The van der Waals surface area contributed by atoms with Gasteiger partial charge in [0.2, 0.25) is 0 Å². The van der Waals surface area contributed by atoms with Gasteiger partial charge >= 0.3 is 0 Å². The predicted octanol–water partition coefficient (Wildman–Crippen LogP) is 3.26. The van der Waals surface area contributed by atoms with Crippen molar-refractivity contribution < 1.29 is 0 Å². The number of halogens is 1. The molecule has 2 N–H and O–H groups in total. The minimum atomic E-state index is 0.0885. The fourth-order valence-corrected chi connectivity index (χ4v) is 2.05. The summed E-state index contributed by atoms with van der Waals surface area (Å²) >= 11 is 2.31. The number of benzene rings is 1. The summed E-state index contributed by atoms with van der Waals surface area (Å²) in [5.74, 6) is 0. The van der Waals surface area contributed by atoms with Gasteiger partial charge in [0.05, 0.1) is 0 Å². The maximum absolute atomic E-state index is 6.03. The van der Waals surface area contributed by atoms with E-state index in [1.807, 2.05) is 19.1 Å². The molecule has 1 atom stereocenters. The predicted molar refractivity (Wildman–Crippen MR) is 65.5 cm³/mol. The molecule has 0 bridgehead atoms. The second-order valence-electron chi connectivity index (χ2n) is 3.29. The molecule has 70 valence electrons. The topological polar surface area (TPSA) is 26.0 Å².